The number of ether oxygens (including phenoxy) is 3. The lowest BCUT2D eigenvalue weighted by Gasteiger charge is -2.07. The summed E-state index contributed by atoms with van der Waals surface area (Å²) >= 11 is 0. The van der Waals surface area contributed by atoms with Crippen LogP contribution in [0.2, 0.25) is 0 Å². The predicted molar refractivity (Wildman–Crippen MR) is 107 cm³/mol. The first kappa shape index (κ1) is 21.7. The molecule has 0 bridgehead atoms. The number of hydrogen-bond acceptors (Lipinski definition) is 6. The van der Waals surface area contributed by atoms with Gasteiger partial charge in [0.1, 0.15) is 23.1 Å². The SMILES string of the molecule is COCCNC(=O)/C(C#N)=C/c1ccc(OC(=O)COc2ccc(C)cc2)cc1. The fourth-order valence-electron chi connectivity index (χ4n) is 2.25. The van der Waals surface area contributed by atoms with E-state index in [0.29, 0.717) is 30.2 Å². The van der Waals surface area contributed by atoms with Crippen LogP contribution in [-0.2, 0) is 14.3 Å². The number of nitriles is 1. The standard InChI is InChI=1S/C22H22N2O5/c1-16-3-7-19(8-4-16)28-15-21(25)29-20-9-5-17(6-10-20)13-18(14-23)22(26)24-11-12-27-2/h3-10,13H,11-12,15H2,1-2H3,(H,24,26)/b18-13+. The molecule has 0 radical (unpaired) electrons. The van der Waals surface area contributed by atoms with Crippen LogP contribution in [-0.4, -0.2) is 38.7 Å². The van der Waals surface area contributed by atoms with Crippen LogP contribution in [0.1, 0.15) is 11.1 Å². The minimum atomic E-state index is -0.538. The zero-order chi connectivity index (χ0) is 21.1. The number of benzene rings is 2. The minimum Gasteiger partial charge on any atom is -0.482 e. The number of aryl methyl sites for hydroxylation is 1. The van der Waals surface area contributed by atoms with Crippen molar-refractivity contribution >= 4 is 18.0 Å². The van der Waals surface area contributed by atoms with Crippen molar-refractivity contribution in [3.05, 3.63) is 65.2 Å². The monoisotopic (exact) mass is 394 g/mol. The minimum absolute atomic E-state index is 0.0302. The Morgan fingerprint density at radius 1 is 1.07 bits per heavy atom. The van der Waals surface area contributed by atoms with E-state index >= 15 is 0 Å². The van der Waals surface area contributed by atoms with Gasteiger partial charge >= 0.3 is 5.97 Å². The first-order chi connectivity index (χ1) is 14.0. The maximum Gasteiger partial charge on any atom is 0.349 e. The second kappa shape index (κ2) is 11.3. The second-order valence-corrected chi connectivity index (χ2v) is 6.06. The van der Waals surface area contributed by atoms with Gasteiger partial charge in [0.25, 0.3) is 5.91 Å². The predicted octanol–water partition coefficient (Wildman–Crippen LogP) is 2.65. The van der Waals surface area contributed by atoms with Crippen molar-refractivity contribution in [1.29, 1.82) is 5.26 Å². The van der Waals surface area contributed by atoms with Gasteiger partial charge in [-0.25, -0.2) is 4.79 Å². The summed E-state index contributed by atoms with van der Waals surface area (Å²) in [5, 5.41) is 11.7. The number of carbonyl (C=O) groups is 2. The van der Waals surface area contributed by atoms with Crippen LogP contribution in [0.25, 0.3) is 6.08 Å². The average molecular weight is 394 g/mol. The third-order valence-electron chi connectivity index (χ3n) is 3.76. The fraction of sp³-hybridized carbons (Fsp3) is 0.227. The highest BCUT2D eigenvalue weighted by Crippen LogP contribution is 2.16. The van der Waals surface area contributed by atoms with E-state index in [1.807, 2.05) is 25.1 Å². The van der Waals surface area contributed by atoms with Crippen LogP contribution < -0.4 is 14.8 Å². The molecule has 2 aromatic carbocycles. The van der Waals surface area contributed by atoms with Crippen molar-refractivity contribution in [2.24, 2.45) is 0 Å². The Labute approximate surface area is 169 Å². The summed E-state index contributed by atoms with van der Waals surface area (Å²) in [5.74, 6) is -0.0963. The molecule has 0 atom stereocenters. The largest absolute Gasteiger partial charge is 0.482 e. The van der Waals surface area contributed by atoms with E-state index < -0.39 is 11.9 Å². The lowest BCUT2D eigenvalue weighted by atomic mass is 10.1. The molecule has 7 nitrogen and oxygen atoms in total. The summed E-state index contributed by atoms with van der Waals surface area (Å²) in [6.07, 6.45) is 1.45. The van der Waals surface area contributed by atoms with E-state index in [4.69, 9.17) is 19.5 Å². The third kappa shape index (κ3) is 7.48. The highest BCUT2D eigenvalue weighted by atomic mass is 16.6. The summed E-state index contributed by atoms with van der Waals surface area (Å²) < 4.78 is 15.4. The fourth-order valence-corrected chi connectivity index (χ4v) is 2.25. The Balaban J connectivity index is 1.89. The number of amides is 1. The van der Waals surface area contributed by atoms with Gasteiger partial charge in [-0.3, -0.25) is 4.79 Å². The van der Waals surface area contributed by atoms with Gasteiger partial charge in [-0.05, 0) is 42.8 Å². The first-order valence-corrected chi connectivity index (χ1v) is 8.91. The van der Waals surface area contributed by atoms with Crippen LogP contribution in [0, 0.1) is 18.3 Å². The lowest BCUT2D eigenvalue weighted by molar-refractivity contribution is -0.136. The molecule has 0 aliphatic heterocycles. The maximum atomic E-state index is 11.9. The molecule has 2 aromatic rings. The molecule has 0 spiro atoms. The van der Waals surface area contributed by atoms with E-state index in [2.05, 4.69) is 5.32 Å². The molecule has 7 heteroatoms. The summed E-state index contributed by atoms with van der Waals surface area (Å²) in [5.41, 5.74) is 1.69. The van der Waals surface area contributed by atoms with Gasteiger partial charge in [0.2, 0.25) is 0 Å². The van der Waals surface area contributed by atoms with Gasteiger partial charge < -0.3 is 19.5 Å². The molecule has 0 aliphatic carbocycles. The molecule has 0 saturated carbocycles. The molecule has 1 amide bonds. The Morgan fingerprint density at radius 3 is 2.34 bits per heavy atom. The number of esters is 1. The van der Waals surface area contributed by atoms with Crippen LogP contribution in [0.4, 0.5) is 0 Å². The normalized spacial score (nSPS) is 10.7. The third-order valence-corrected chi connectivity index (χ3v) is 3.76. The number of nitrogens with zero attached hydrogens (tertiary/aromatic N) is 1. The number of rotatable bonds is 9. The van der Waals surface area contributed by atoms with Crippen molar-refractivity contribution in [3.8, 4) is 17.6 Å². The summed E-state index contributed by atoms with van der Waals surface area (Å²) in [4.78, 5) is 23.8. The Hall–Kier alpha value is -3.63. The molecule has 29 heavy (non-hydrogen) atoms. The molecule has 0 unspecified atom stereocenters. The van der Waals surface area contributed by atoms with Crippen molar-refractivity contribution in [1.82, 2.24) is 5.32 Å². The Kier molecular flexibility index (Phi) is 8.42. The topological polar surface area (TPSA) is 97.6 Å². The van der Waals surface area contributed by atoms with Gasteiger partial charge in [-0.1, -0.05) is 29.8 Å². The van der Waals surface area contributed by atoms with Crippen LogP contribution in [0.3, 0.4) is 0 Å². The molecule has 0 aromatic heterocycles. The van der Waals surface area contributed by atoms with Crippen molar-refractivity contribution in [3.63, 3.8) is 0 Å². The molecule has 1 N–H and O–H groups in total. The van der Waals surface area contributed by atoms with E-state index in [1.165, 1.54) is 13.2 Å². The lowest BCUT2D eigenvalue weighted by Crippen LogP contribution is -2.27. The molecule has 2 rings (SSSR count). The van der Waals surface area contributed by atoms with Crippen molar-refractivity contribution < 1.29 is 23.8 Å². The van der Waals surface area contributed by atoms with E-state index in [-0.39, 0.29) is 12.2 Å². The molecule has 150 valence electrons. The molecular formula is C22H22N2O5. The van der Waals surface area contributed by atoms with Crippen LogP contribution in [0.5, 0.6) is 11.5 Å². The molecule has 0 heterocycles. The van der Waals surface area contributed by atoms with Gasteiger partial charge in [-0.15, -0.1) is 0 Å². The summed E-state index contributed by atoms with van der Waals surface area (Å²) in [6, 6.07) is 15.6. The Morgan fingerprint density at radius 2 is 1.72 bits per heavy atom. The first-order valence-electron chi connectivity index (χ1n) is 8.91. The van der Waals surface area contributed by atoms with E-state index in [0.717, 1.165) is 5.56 Å². The quantitative estimate of drug-likeness (QED) is 0.231. The van der Waals surface area contributed by atoms with Gasteiger partial charge in [-0.2, -0.15) is 5.26 Å². The smallest absolute Gasteiger partial charge is 0.349 e. The maximum absolute atomic E-state index is 11.9. The summed E-state index contributed by atoms with van der Waals surface area (Å²) in [6.45, 7) is 2.42. The van der Waals surface area contributed by atoms with E-state index in [1.54, 1.807) is 36.4 Å². The molecule has 0 fully saturated rings. The summed E-state index contributed by atoms with van der Waals surface area (Å²) in [7, 11) is 1.52. The molecule has 0 aliphatic rings. The molecular weight excluding hydrogens is 372 g/mol. The number of nitrogens with one attached hydrogen (secondary N) is 1. The van der Waals surface area contributed by atoms with Gasteiger partial charge in [0.15, 0.2) is 6.61 Å². The Bertz CT molecular complexity index is 896. The van der Waals surface area contributed by atoms with E-state index in [9.17, 15) is 9.59 Å². The average Bonchev–Trinajstić information content (AvgIpc) is 2.73. The van der Waals surface area contributed by atoms with Crippen molar-refractivity contribution in [2.75, 3.05) is 26.9 Å². The van der Waals surface area contributed by atoms with Crippen LogP contribution >= 0.6 is 0 Å². The number of hydrogen-bond donors (Lipinski definition) is 1. The van der Waals surface area contributed by atoms with Gasteiger partial charge in [0, 0.05) is 13.7 Å². The molecule has 0 saturated heterocycles. The van der Waals surface area contributed by atoms with Gasteiger partial charge in [0.05, 0.1) is 6.61 Å². The highest BCUT2D eigenvalue weighted by Gasteiger charge is 2.09. The van der Waals surface area contributed by atoms with Crippen molar-refractivity contribution in [2.45, 2.75) is 6.92 Å². The number of methoxy groups -OCH3 is 1. The zero-order valence-electron chi connectivity index (χ0n) is 16.3. The second-order valence-electron chi connectivity index (χ2n) is 6.06. The number of carbonyl (C=O) groups excluding carboxylic acids is 2. The highest BCUT2D eigenvalue weighted by molar-refractivity contribution is 6.01. The van der Waals surface area contributed by atoms with Crippen LogP contribution in [0.15, 0.2) is 54.1 Å². The zero-order valence-corrected chi connectivity index (χ0v) is 16.3.